The summed E-state index contributed by atoms with van der Waals surface area (Å²) in [4.78, 5) is 38.2. The van der Waals surface area contributed by atoms with Crippen LogP contribution in [-0.4, -0.2) is 41.7 Å². The molecule has 0 radical (unpaired) electrons. The molecule has 158 valence electrons. The van der Waals surface area contributed by atoms with Gasteiger partial charge in [-0.1, -0.05) is 60.7 Å². The maximum Gasteiger partial charge on any atom is 0.339 e. The number of hydrogen-bond acceptors (Lipinski definition) is 7. The van der Waals surface area contributed by atoms with Gasteiger partial charge >= 0.3 is 11.9 Å². The van der Waals surface area contributed by atoms with E-state index in [0.29, 0.717) is 11.1 Å². The predicted molar refractivity (Wildman–Crippen MR) is 108 cm³/mol. The van der Waals surface area contributed by atoms with Gasteiger partial charge in [-0.3, -0.25) is 15.4 Å². The maximum absolute atomic E-state index is 13.2. The van der Waals surface area contributed by atoms with E-state index in [1.807, 2.05) is 0 Å². The Morgan fingerprint density at radius 3 is 1.83 bits per heavy atom. The molecule has 3 rings (SSSR count). The molecule has 3 atom stereocenters. The molecule has 1 saturated heterocycles. The van der Waals surface area contributed by atoms with Crippen LogP contribution < -0.4 is 5.32 Å². The fourth-order valence-electron chi connectivity index (χ4n) is 4.11. The fourth-order valence-corrected chi connectivity index (χ4v) is 4.11. The van der Waals surface area contributed by atoms with Gasteiger partial charge in [0.25, 0.3) is 0 Å². The lowest BCUT2D eigenvalue weighted by atomic mass is 9.77. The number of nitrogens with one attached hydrogen (secondary N) is 1. The van der Waals surface area contributed by atoms with Gasteiger partial charge in [-0.15, -0.1) is 0 Å². The second kappa shape index (κ2) is 9.04. The zero-order valence-corrected chi connectivity index (χ0v) is 16.8. The van der Waals surface area contributed by atoms with Gasteiger partial charge in [-0.05, 0) is 25.0 Å². The Balaban J connectivity index is 2.26. The molecule has 0 aliphatic carbocycles. The van der Waals surface area contributed by atoms with Crippen LogP contribution in [0.2, 0.25) is 0 Å². The highest BCUT2D eigenvalue weighted by atomic mass is 16.6. The van der Waals surface area contributed by atoms with E-state index in [1.54, 1.807) is 74.5 Å². The van der Waals surface area contributed by atoms with Gasteiger partial charge in [-0.25, -0.2) is 9.59 Å². The van der Waals surface area contributed by atoms with Gasteiger partial charge in [0.15, 0.2) is 0 Å². The summed E-state index contributed by atoms with van der Waals surface area (Å²) in [7, 11) is 0. The molecule has 8 heteroatoms. The maximum atomic E-state index is 13.2. The number of carbonyl (C=O) groups excluding carboxylic acids is 2. The second-order valence-electron chi connectivity index (χ2n) is 6.95. The first-order valence-electron chi connectivity index (χ1n) is 9.82. The highest BCUT2D eigenvalue weighted by molar-refractivity contribution is 6.07. The summed E-state index contributed by atoms with van der Waals surface area (Å²) in [5.41, 5.74) is -0.979. The Morgan fingerprint density at radius 2 is 1.40 bits per heavy atom. The molecule has 0 amide bonds. The number of ether oxygens (including phenoxy) is 2. The molecule has 1 fully saturated rings. The van der Waals surface area contributed by atoms with Crippen LogP contribution in [0, 0.1) is 10.1 Å². The van der Waals surface area contributed by atoms with E-state index in [9.17, 15) is 19.7 Å². The van der Waals surface area contributed by atoms with Crippen molar-refractivity contribution in [3.63, 3.8) is 0 Å². The third-order valence-electron chi connectivity index (χ3n) is 5.29. The Kier molecular flexibility index (Phi) is 6.47. The third-order valence-corrected chi connectivity index (χ3v) is 5.29. The second-order valence-corrected chi connectivity index (χ2v) is 6.95. The predicted octanol–water partition coefficient (Wildman–Crippen LogP) is 2.63. The lowest BCUT2D eigenvalue weighted by Gasteiger charge is -2.30. The summed E-state index contributed by atoms with van der Waals surface area (Å²) in [5.74, 6) is -2.90. The molecule has 2 aromatic carbocycles. The van der Waals surface area contributed by atoms with E-state index < -0.39 is 40.4 Å². The molecule has 0 spiro atoms. The number of carbonyl (C=O) groups is 2. The Hall–Kier alpha value is -3.26. The van der Waals surface area contributed by atoms with E-state index in [2.05, 4.69) is 5.32 Å². The Labute approximate surface area is 174 Å². The SMILES string of the molecule is CCOC(=O)C1(C(=O)OCC)N[C@H](c2ccccc2)[C@@H]([N+](=O)[O-])[C@@H]1c1ccccc1. The minimum atomic E-state index is -2.05. The van der Waals surface area contributed by atoms with Gasteiger partial charge in [0.1, 0.15) is 6.04 Å². The lowest BCUT2D eigenvalue weighted by molar-refractivity contribution is -0.527. The molecule has 0 aromatic heterocycles. The van der Waals surface area contributed by atoms with Gasteiger partial charge in [0, 0.05) is 4.92 Å². The van der Waals surface area contributed by atoms with Gasteiger partial charge in [-0.2, -0.15) is 0 Å². The number of esters is 2. The van der Waals surface area contributed by atoms with Crippen molar-refractivity contribution in [3.8, 4) is 0 Å². The zero-order valence-electron chi connectivity index (χ0n) is 16.8. The molecule has 1 aliphatic heterocycles. The summed E-state index contributed by atoms with van der Waals surface area (Å²) in [6, 6.07) is 15.1. The van der Waals surface area contributed by atoms with Crippen LogP contribution in [-0.2, 0) is 19.1 Å². The summed E-state index contributed by atoms with van der Waals surface area (Å²) < 4.78 is 10.5. The average Bonchev–Trinajstić information content (AvgIpc) is 3.13. The minimum Gasteiger partial charge on any atom is -0.464 e. The summed E-state index contributed by atoms with van der Waals surface area (Å²) in [6.07, 6.45) is 0. The first-order chi connectivity index (χ1) is 14.5. The van der Waals surface area contributed by atoms with Crippen LogP contribution in [0.15, 0.2) is 60.7 Å². The van der Waals surface area contributed by atoms with Crippen molar-refractivity contribution in [2.24, 2.45) is 0 Å². The standard InChI is InChI=1S/C22H24N2O6/c1-3-29-20(25)22(21(26)30-4-2)17(15-11-7-5-8-12-15)19(24(27)28)18(23-22)16-13-9-6-10-14-16/h5-14,17-19,23H,3-4H2,1-2H3/t17-,18+,19-/m0/s1. The molecular weight excluding hydrogens is 388 g/mol. The quantitative estimate of drug-likeness (QED) is 0.322. The third kappa shape index (κ3) is 3.66. The Bertz CT molecular complexity index is 884. The van der Waals surface area contributed by atoms with Crippen molar-refractivity contribution < 1.29 is 24.0 Å². The van der Waals surface area contributed by atoms with Gasteiger partial charge < -0.3 is 9.47 Å². The summed E-state index contributed by atoms with van der Waals surface area (Å²) in [5, 5.41) is 15.3. The average molecular weight is 412 g/mol. The molecular formula is C22H24N2O6. The number of nitro groups is 1. The molecule has 1 heterocycles. The van der Waals surface area contributed by atoms with Crippen LogP contribution in [0.1, 0.15) is 36.9 Å². The van der Waals surface area contributed by atoms with E-state index in [-0.39, 0.29) is 13.2 Å². The molecule has 1 aliphatic rings. The first-order valence-corrected chi connectivity index (χ1v) is 9.82. The molecule has 30 heavy (non-hydrogen) atoms. The van der Waals surface area contributed by atoms with Crippen molar-refractivity contribution >= 4 is 11.9 Å². The normalized spacial score (nSPS) is 22.3. The van der Waals surface area contributed by atoms with Gasteiger partial charge in [0.05, 0.1) is 19.1 Å². The largest absolute Gasteiger partial charge is 0.464 e. The highest BCUT2D eigenvalue weighted by Crippen LogP contribution is 2.47. The summed E-state index contributed by atoms with van der Waals surface area (Å²) >= 11 is 0. The van der Waals surface area contributed by atoms with Crippen LogP contribution in [0.5, 0.6) is 0 Å². The van der Waals surface area contributed by atoms with E-state index in [0.717, 1.165) is 0 Å². The van der Waals surface area contributed by atoms with Crippen molar-refractivity contribution in [1.82, 2.24) is 5.32 Å². The van der Waals surface area contributed by atoms with Crippen molar-refractivity contribution in [2.45, 2.75) is 37.4 Å². The van der Waals surface area contributed by atoms with Crippen LogP contribution in [0.25, 0.3) is 0 Å². The van der Waals surface area contributed by atoms with Gasteiger partial charge in [0.2, 0.25) is 11.6 Å². The minimum absolute atomic E-state index is 0.0162. The lowest BCUT2D eigenvalue weighted by Crippen LogP contribution is -2.60. The number of rotatable bonds is 7. The smallest absolute Gasteiger partial charge is 0.339 e. The van der Waals surface area contributed by atoms with Crippen LogP contribution >= 0.6 is 0 Å². The van der Waals surface area contributed by atoms with Crippen molar-refractivity contribution in [2.75, 3.05) is 13.2 Å². The first kappa shape index (κ1) is 21.4. The Morgan fingerprint density at radius 1 is 0.933 bits per heavy atom. The van der Waals surface area contributed by atoms with Crippen LogP contribution in [0.4, 0.5) is 0 Å². The highest BCUT2D eigenvalue weighted by Gasteiger charge is 2.69. The van der Waals surface area contributed by atoms with E-state index in [4.69, 9.17) is 9.47 Å². The van der Waals surface area contributed by atoms with Crippen molar-refractivity contribution in [3.05, 3.63) is 81.9 Å². The van der Waals surface area contributed by atoms with E-state index in [1.165, 1.54) is 0 Å². The molecule has 0 saturated carbocycles. The van der Waals surface area contributed by atoms with Crippen molar-refractivity contribution in [1.29, 1.82) is 0 Å². The molecule has 2 aromatic rings. The summed E-state index contributed by atoms with van der Waals surface area (Å²) in [6.45, 7) is 3.26. The molecule has 1 N–H and O–H groups in total. The van der Waals surface area contributed by atoms with Crippen LogP contribution in [0.3, 0.4) is 0 Å². The number of hydrogen-bond donors (Lipinski definition) is 1. The topological polar surface area (TPSA) is 108 Å². The fraction of sp³-hybridized carbons (Fsp3) is 0.364. The number of nitrogens with zero attached hydrogens (tertiary/aromatic N) is 1. The molecule has 0 bridgehead atoms. The van der Waals surface area contributed by atoms with E-state index >= 15 is 0 Å². The molecule has 0 unspecified atom stereocenters. The zero-order chi connectivity index (χ0) is 21.7. The number of benzene rings is 2. The molecule has 8 nitrogen and oxygen atoms in total. The monoisotopic (exact) mass is 412 g/mol.